The van der Waals surface area contributed by atoms with Gasteiger partial charge in [0.25, 0.3) is 0 Å². The molecule has 0 spiro atoms. The number of nitriles is 1. The Kier molecular flexibility index (Phi) is 7.51. The highest BCUT2D eigenvalue weighted by Crippen LogP contribution is 2.36. The highest BCUT2D eigenvalue weighted by atomic mass is 35.5. The molecule has 6 nitrogen and oxygen atoms in total. The number of aryl methyl sites for hydroxylation is 1. The molecule has 1 aliphatic rings. The van der Waals surface area contributed by atoms with E-state index in [1.807, 2.05) is 35.8 Å². The first kappa shape index (κ1) is 22.8. The van der Waals surface area contributed by atoms with Crippen molar-refractivity contribution >= 4 is 45.6 Å². The Morgan fingerprint density at radius 2 is 2.09 bits per heavy atom. The van der Waals surface area contributed by atoms with Crippen LogP contribution < -0.4 is 5.32 Å². The maximum absolute atomic E-state index is 12.7. The zero-order valence-corrected chi connectivity index (χ0v) is 20.2. The fraction of sp³-hybridized carbons (Fsp3) is 0.391. The van der Waals surface area contributed by atoms with Crippen molar-refractivity contribution in [1.82, 2.24) is 14.8 Å². The third-order valence-corrected chi connectivity index (χ3v) is 7.89. The summed E-state index contributed by atoms with van der Waals surface area (Å²) in [6.07, 6.45) is 6.59. The van der Waals surface area contributed by atoms with E-state index in [-0.39, 0.29) is 11.7 Å². The van der Waals surface area contributed by atoms with Crippen LogP contribution in [0.1, 0.15) is 48.6 Å². The SMILES string of the molecule is CCn1c(SCC(=O)Nc2sc3c(c2C#N)CCCCCC3)nnc1-c1cccc(Cl)c1. The van der Waals surface area contributed by atoms with E-state index in [0.29, 0.717) is 27.3 Å². The Morgan fingerprint density at radius 1 is 1.28 bits per heavy atom. The summed E-state index contributed by atoms with van der Waals surface area (Å²) >= 11 is 9.02. The summed E-state index contributed by atoms with van der Waals surface area (Å²) in [4.78, 5) is 14.0. The normalized spacial score (nSPS) is 13.7. The highest BCUT2D eigenvalue weighted by Gasteiger charge is 2.21. The van der Waals surface area contributed by atoms with Crippen LogP contribution in [0.5, 0.6) is 0 Å². The largest absolute Gasteiger partial charge is 0.316 e. The predicted molar refractivity (Wildman–Crippen MR) is 130 cm³/mol. The first-order chi connectivity index (χ1) is 15.6. The molecule has 0 atom stereocenters. The van der Waals surface area contributed by atoms with Crippen molar-refractivity contribution in [3.8, 4) is 17.5 Å². The second kappa shape index (κ2) is 10.5. The van der Waals surface area contributed by atoms with Crippen LogP contribution in [0.15, 0.2) is 29.4 Å². The number of thiophene rings is 1. The van der Waals surface area contributed by atoms with Gasteiger partial charge in [-0.25, -0.2) is 0 Å². The maximum atomic E-state index is 12.7. The number of carbonyl (C=O) groups is 1. The number of aromatic nitrogens is 3. The van der Waals surface area contributed by atoms with E-state index in [0.717, 1.165) is 42.6 Å². The molecule has 3 aromatic rings. The van der Waals surface area contributed by atoms with Gasteiger partial charge >= 0.3 is 0 Å². The van der Waals surface area contributed by atoms with Crippen LogP contribution in [0, 0.1) is 11.3 Å². The molecule has 2 heterocycles. The first-order valence-electron chi connectivity index (χ1n) is 10.8. The van der Waals surface area contributed by atoms with E-state index in [1.54, 1.807) is 11.3 Å². The number of rotatable bonds is 6. The number of anilines is 1. The Balaban J connectivity index is 1.46. The summed E-state index contributed by atoms with van der Waals surface area (Å²) in [5.74, 6) is 0.777. The van der Waals surface area contributed by atoms with E-state index in [2.05, 4.69) is 21.6 Å². The topological polar surface area (TPSA) is 83.6 Å². The minimum atomic E-state index is -0.143. The zero-order chi connectivity index (χ0) is 22.5. The van der Waals surface area contributed by atoms with Gasteiger partial charge in [-0.15, -0.1) is 21.5 Å². The quantitative estimate of drug-likeness (QED) is 0.436. The van der Waals surface area contributed by atoms with E-state index >= 15 is 0 Å². The van der Waals surface area contributed by atoms with Gasteiger partial charge in [0.05, 0.1) is 11.3 Å². The molecule has 2 aromatic heterocycles. The molecule has 0 fully saturated rings. The molecular formula is C23H24ClN5OS2. The molecule has 1 aliphatic carbocycles. The first-order valence-corrected chi connectivity index (χ1v) is 12.9. The lowest BCUT2D eigenvalue weighted by Gasteiger charge is -2.09. The standard InChI is InChI=1S/C23H24ClN5OS2/c1-2-29-21(15-8-7-9-16(24)12-15)27-28-23(29)31-14-20(30)26-22-18(13-25)17-10-5-3-4-6-11-19(17)32-22/h7-9,12H,2-6,10-11,14H2,1H3,(H,26,30). The number of carbonyl (C=O) groups excluding carboxylic acids is 1. The molecule has 0 saturated heterocycles. The third kappa shape index (κ3) is 5.01. The summed E-state index contributed by atoms with van der Waals surface area (Å²) in [6, 6.07) is 9.82. The molecule has 166 valence electrons. The number of thioether (sulfide) groups is 1. The Bertz CT molecular complexity index is 1160. The Hall–Kier alpha value is -2.34. The lowest BCUT2D eigenvalue weighted by atomic mass is 9.97. The molecule has 0 aliphatic heterocycles. The van der Waals surface area contributed by atoms with E-state index in [4.69, 9.17) is 11.6 Å². The second-order valence-corrected chi connectivity index (χ2v) is 10.1. The minimum Gasteiger partial charge on any atom is -0.316 e. The summed E-state index contributed by atoms with van der Waals surface area (Å²) in [5.41, 5.74) is 2.67. The second-order valence-electron chi connectivity index (χ2n) is 7.63. The molecule has 0 radical (unpaired) electrons. The fourth-order valence-corrected chi connectivity index (χ4v) is 6.19. The highest BCUT2D eigenvalue weighted by molar-refractivity contribution is 7.99. The molecule has 4 rings (SSSR count). The third-order valence-electron chi connectivity index (χ3n) is 5.48. The average molecular weight is 486 g/mol. The molecule has 1 amide bonds. The summed E-state index contributed by atoms with van der Waals surface area (Å²) in [7, 11) is 0. The Labute approximate surface area is 201 Å². The van der Waals surface area contributed by atoms with Crippen LogP contribution in [0.3, 0.4) is 0 Å². The van der Waals surface area contributed by atoms with Gasteiger partial charge < -0.3 is 9.88 Å². The van der Waals surface area contributed by atoms with Crippen LogP contribution >= 0.6 is 34.7 Å². The number of hydrogen-bond acceptors (Lipinski definition) is 6. The molecule has 0 unspecified atom stereocenters. The smallest absolute Gasteiger partial charge is 0.235 e. The van der Waals surface area contributed by atoms with Gasteiger partial charge in [-0.1, -0.05) is 48.3 Å². The van der Waals surface area contributed by atoms with Gasteiger partial charge in [-0.3, -0.25) is 4.79 Å². The fourth-order valence-electron chi connectivity index (χ4n) is 3.94. The summed E-state index contributed by atoms with van der Waals surface area (Å²) in [6.45, 7) is 2.69. The molecule has 0 saturated carbocycles. The van der Waals surface area contributed by atoms with Crippen molar-refractivity contribution in [1.29, 1.82) is 5.26 Å². The van der Waals surface area contributed by atoms with Crippen molar-refractivity contribution in [2.75, 3.05) is 11.1 Å². The number of halogens is 1. The number of hydrogen-bond donors (Lipinski definition) is 1. The summed E-state index contributed by atoms with van der Waals surface area (Å²) < 4.78 is 1.97. The van der Waals surface area contributed by atoms with Crippen molar-refractivity contribution in [2.24, 2.45) is 0 Å². The van der Waals surface area contributed by atoms with Gasteiger partial charge in [-0.05, 0) is 50.3 Å². The predicted octanol–water partition coefficient (Wildman–Crippen LogP) is 5.94. The van der Waals surface area contributed by atoms with Crippen molar-refractivity contribution in [3.63, 3.8) is 0 Å². The van der Waals surface area contributed by atoms with Gasteiger partial charge in [0, 0.05) is 22.0 Å². The van der Waals surface area contributed by atoms with Gasteiger partial charge in [0.2, 0.25) is 5.91 Å². The van der Waals surface area contributed by atoms with Crippen molar-refractivity contribution < 1.29 is 4.79 Å². The number of nitrogens with zero attached hydrogens (tertiary/aromatic N) is 4. The van der Waals surface area contributed by atoms with Gasteiger partial charge in [0.1, 0.15) is 11.1 Å². The zero-order valence-electron chi connectivity index (χ0n) is 17.9. The van der Waals surface area contributed by atoms with Crippen LogP contribution in [-0.2, 0) is 24.2 Å². The van der Waals surface area contributed by atoms with Crippen molar-refractivity contribution in [2.45, 2.75) is 57.1 Å². The molecule has 1 aromatic carbocycles. The Morgan fingerprint density at radius 3 is 2.84 bits per heavy atom. The van der Waals surface area contributed by atoms with Crippen LogP contribution in [-0.4, -0.2) is 26.4 Å². The molecule has 32 heavy (non-hydrogen) atoms. The minimum absolute atomic E-state index is 0.143. The lowest BCUT2D eigenvalue weighted by Crippen LogP contribution is -2.14. The maximum Gasteiger partial charge on any atom is 0.235 e. The van der Waals surface area contributed by atoms with Crippen molar-refractivity contribution in [3.05, 3.63) is 45.3 Å². The summed E-state index contributed by atoms with van der Waals surface area (Å²) in [5, 5.41) is 23.3. The number of amides is 1. The van der Waals surface area contributed by atoms with Crippen LogP contribution in [0.4, 0.5) is 5.00 Å². The molecule has 9 heteroatoms. The monoisotopic (exact) mass is 485 g/mol. The van der Waals surface area contributed by atoms with E-state index < -0.39 is 0 Å². The lowest BCUT2D eigenvalue weighted by molar-refractivity contribution is -0.113. The molecular weight excluding hydrogens is 462 g/mol. The molecule has 0 bridgehead atoms. The molecule has 1 N–H and O–H groups in total. The number of benzene rings is 1. The van der Waals surface area contributed by atoms with E-state index in [9.17, 15) is 10.1 Å². The van der Waals surface area contributed by atoms with E-state index in [1.165, 1.54) is 29.5 Å². The van der Waals surface area contributed by atoms with Crippen LogP contribution in [0.2, 0.25) is 5.02 Å². The van der Waals surface area contributed by atoms with Gasteiger partial charge in [-0.2, -0.15) is 5.26 Å². The van der Waals surface area contributed by atoms with Crippen LogP contribution in [0.25, 0.3) is 11.4 Å². The van der Waals surface area contributed by atoms with Gasteiger partial charge in [0.15, 0.2) is 11.0 Å². The number of nitrogens with one attached hydrogen (secondary N) is 1. The average Bonchev–Trinajstić information content (AvgIpc) is 3.32. The number of fused-ring (bicyclic) bond motifs is 1.